The van der Waals surface area contributed by atoms with E-state index in [4.69, 9.17) is 0 Å². The van der Waals surface area contributed by atoms with E-state index in [1.807, 2.05) is 0 Å². The van der Waals surface area contributed by atoms with Crippen LogP contribution in [0, 0.1) is 5.82 Å². The summed E-state index contributed by atoms with van der Waals surface area (Å²) < 4.78 is 15.1. The first-order chi connectivity index (χ1) is 10.5. The summed E-state index contributed by atoms with van der Waals surface area (Å²) >= 11 is 0. The molecule has 1 aromatic carbocycles. The number of carbonyl (C=O) groups is 2. The summed E-state index contributed by atoms with van der Waals surface area (Å²) in [4.78, 5) is 27.5. The molecule has 22 heavy (non-hydrogen) atoms. The number of benzene rings is 1. The van der Waals surface area contributed by atoms with Gasteiger partial charge in [-0.15, -0.1) is 0 Å². The summed E-state index contributed by atoms with van der Waals surface area (Å²) in [5, 5.41) is 0.842. The summed E-state index contributed by atoms with van der Waals surface area (Å²) in [6.45, 7) is 3.69. The maximum atomic E-state index is 13.4. The Morgan fingerprint density at radius 3 is 2.32 bits per heavy atom. The highest BCUT2D eigenvalue weighted by molar-refractivity contribution is 5.98. The molecule has 2 heterocycles. The molecule has 0 radical (unpaired) electrons. The van der Waals surface area contributed by atoms with E-state index >= 15 is 0 Å². The molecular weight excluding hydrogens is 285 g/mol. The molecule has 6 heteroatoms. The topological polar surface area (TPSA) is 45.6 Å². The molecule has 1 saturated heterocycles. The minimum Gasteiger partial charge on any atom is -0.340 e. The van der Waals surface area contributed by atoms with Crippen molar-refractivity contribution in [2.45, 2.75) is 6.92 Å². The van der Waals surface area contributed by atoms with Crippen LogP contribution < -0.4 is 0 Å². The molecule has 1 aromatic heterocycles. The smallest absolute Gasteiger partial charge is 0.270 e. The number of piperazine rings is 1. The molecule has 2 amide bonds. The van der Waals surface area contributed by atoms with Gasteiger partial charge in [-0.05, 0) is 24.3 Å². The van der Waals surface area contributed by atoms with Gasteiger partial charge in [-0.25, -0.2) is 4.39 Å². The predicted octanol–water partition coefficient (Wildman–Crippen LogP) is 1.62. The number of rotatable bonds is 1. The minimum absolute atomic E-state index is 0.0344. The van der Waals surface area contributed by atoms with E-state index in [2.05, 4.69) is 0 Å². The van der Waals surface area contributed by atoms with Gasteiger partial charge in [-0.3, -0.25) is 9.59 Å². The van der Waals surface area contributed by atoms with E-state index < -0.39 is 0 Å². The van der Waals surface area contributed by atoms with Crippen LogP contribution in [0.3, 0.4) is 0 Å². The first-order valence-electron chi connectivity index (χ1n) is 7.27. The second-order valence-corrected chi connectivity index (χ2v) is 5.59. The lowest BCUT2D eigenvalue weighted by Crippen LogP contribution is -2.50. The van der Waals surface area contributed by atoms with Crippen LogP contribution in [-0.4, -0.2) is 52.4 Å². The van der Waals surface area contributed by atoms with Crippen molar-refractivity contribution >= 4 is 22.7 Å². The normalized spacial score (nSPS) is 15.4. The second kappa shape index (κ2) is 5.44. The third-order valence-corrected chi connectivity index (χ3v) is 4.24. The molecule has 3 rings (SSSR count). The van der Waals surface area contributed by atoms with Crippen molar-refractivity contribution in [3.63, 3.8) is 0 Å². The fourth-order valence-electron chi connectivity index (χ4n) is 2.89. The molecule has 0 bridgehead atoms. The average molecular weight is 303 g/mol. The molecule has 0 spiro atoms. The van der Waals surface area contributed by atoms with Crippen LogP contribution in [0.1, 0.15) is 17.4 Å². The van der Waals surface area contributed by atoms with Gasteiger partial charge in [0.1, 0.15) is 11.5 Å². The van der Waals surface area contributed by atoms with Crippen molar-refractivity contribution in [1.29, 1.82) is 0 Å². The zero-order chi connectivity index (χ0) is 15.9. The molecule has 1 aliphatic heterocycles. The third-order valence-electron chi connectivity index (χ3n) is 4.24. The van der Waals surface area contributed by atoms with E-state index in [0.717, 1.165) is 5.39 Å². The lowest BCUT2D eigenvalue weighted by Gasteiger charge is -2.34. The van der Waals surface area contributed by atoms with Gasteiger partial charge < -0.3 is 14.4 Å². The predicted molar refractivity (Wildman–Crippen MR) is 81.0 cm³/mol. The Bertz CT molecular complexity index is 745. The molecule has 5 nitrogen and oxygen atoms in total. The fourth-order valence-corrected chi connectivity index (χ4v) is 2.89. The van der Waals surface area contributed by atoms with E-state index in [-0.39, 0.29) is 17.6 Å². The number of nitrogens with zero attached hydrogens (tertiary/aromatic N) is 3. The van der Waals surface area contributed by atoms with Crippen LogP contribution >= 0.6 is 0 Å². The Kier molecular flexibility index (Phi) is 3.60. The van der Waals surface area contributed by atoms with Crippen molar-refractivity contribution in [3.8, 4) is 0 Å². The summed E-state index contributed by atoms with van der Waals surface area (Å²) in [5.41, 5.74) is 1.24. The molecule has 1 fully saturated rings. The van der Waals surface area contributed by atoms with Crippen LogP contribution in [-0.2, 0) is 11.8 Å². The highest BCUT2D eigenvalue weighted by Gasteiger charge is 2.25. The molecular formula is C16H18FN3O2. The molecule has 116 valence electrons. The standard InChI is InChI=1S/C16H18FN3O2/c1-11(21)19-5-7-20(8-6-19)16(22)15-9-12-3-4-13(17)10-14(12)18(15)2/h3-4,9-10H,5-8H2,1-2H3. The first kappa shape index (κ1) is 14.6. The maximum Gasteiger partial charge on any atom is 0.270 e. The number of hydrogen-bond acceptors (Lipinski definition) is 2. The van der Waals surface area contributed by atoms with E-state index in [9.17, 15) is 14.0 Å². The number of aryl methyl sites for hydroxylation is 1. The van der Waals surface area contributed by atoms with E-state index in [1.165, 1.54) is 19.1 Å². The second-order valence-electron chi connectivity index (χ2n) is 5.59. The molecule has 0 atom stereocenters. The Balaban J connectivity index is 1.84. The summed E-state index contributed by atoms with van der Waals surface area (Å²) in [5.74, 6) is -0.364. The van der Waals surface area contributed by atoms with Crippen LogP contribution in [0.4, 0.5) is 4.39 Å². The Morgan fingerprint density at radius 2 is 1.68 bits per heavy atom. The van der Waals surface area contributed by atoms with Gasteiger partial charge in [0.25, 0.3) is 5.91 Å². The number of carbonyl (C=O) groups excluding carboxylic acids is 2. The highest BCUT2D eigenvalue weighted by atomic mass is 19.1. The van der Waals surface area contributed by atoms with Crippen molar-refractivity contribution in [2.24, 2.45) is 7.05 Å². The Hall–Kier alpha value is -2.37. The molecule has 0 saturated carbocycles. The lowest BCUT2D eigenvalue weighted by molar-refractivity contribution is -0.130. The summed E-state index contributed by atoms with van der Waals surface area (Å²) in [6.07, 6.45) is 0. The molecule has 2 aromatic rings. The van der Waals surface area contributed by atoms with Crippen LogP contribution in [0.5, 0.6) is 0 Å². The van der Waals surface area contributed by atoms with Gasteiger partial charge >= 0.3 is 0 Å². The largest absolute Gasteiger partial charge is 0.340 e. The van der Waals surface area contributed by atoms with Crippen LogP contribution in [0.2, 0.25) is 0 Å². The van der Waals surface area contributed by atoms with Gasteiger partial charge in [0.05, 0.1) is 5.52 Å². The Morgan fingerprint density at radius 1 is 1.05 bits per heavy atom. The quantitative estimate of drug-likeness (QED) is 0.803. The third kappa shape index (κ3) is 2.45. The Labute approximate surface area is 127 Å². The molecule has 1 aliphatic rings. The van der Waals surface area contributed by atoms with Crippen molar-refractivity contribution < 1.29 is 14.0 Å². The van der Waals surface area contributed by atoms with Crippen LogP contribution in [0.15, 0.2) is 24.3 Å². The monoisotopic (exact) mass is 303 g/mol. The fraction of sp³-hybridized carbons (Fsp3) is 0.375. The minimum atomic E-state index is -0.317. The van der Waals surface area contributed by atoms with Gasteiger partial charge in [0.15, 0.2) is 0 Å². The van der Waals surface area contributed by atoms with Crippen molar-refractivity contribution in [2.75, 3.05) is 26.2 Å². The number of hydrogen-bond donors (Lipinski definition) is 0. The molecule has 0 N–H and O–H groups in total. The van der Waals surface area contributed by atoms with Crippen LogP contribution in [0.25, 0.3) is 10.9 Å². The highest BCUT2D eigenvalue weighted by Crippen LogP contribution is 2.21. The van der Waals surface area contributed by atoms with Gasteiger partial charge in [-0.1, -0.05) is 0 Å². The number of amides is 2. The van der Waals surface area contributed by atoms with Gasteiger partial charge in [0.2, 0.25) is 5.91 Å². The number of fused-ring (bicyclic) bond motifs is 1. The number of halogens is 1. The van der Waals surface area contributed by atoms with Crippen molar-refractivity contribution in [1.82, 2.24) is 14.4 Å². The zero-order valence-electron chi connectivity index (χ0n) is 12.7. The number of aromatic nitrogens is 1. The maximum absolute atomic E-state index is 13.4. The summed E-state index contributed by atoms with van der Waals surface area (Å²) in [7, 11) is 1.76. The lowest BCUT2D eigenvalue weighted by atomic mass is 10.2. The van der Waals surface area contributed by atoms with E-state index in [0.29, 0.717) is 37.4 Å². The SMILES string of the molecule is CC(=O)N1CCN(C(=O)c2cc3ccc(F)cc3n2C)CC1. The van der Waals surface area contributed by atoms with Gasteiger partial charge in [0, 0.05) is 45.5 Å². The first-order valence-corrected chi connectivity index (χ1v) is 7.27. The average Bonchev–Trinajstić information content (AvgIpc) is 2.83. The zero-order valence-corrected chi connectivity index (χ0v) is 12.7. The van der Waals surface area contributed by atoms with E-state index in [1.54, 1.807) is 33.5 Å². The van der Waals surface area contributed by atoms with Crippen molar-refractivity contribution in [3.05, 3.63) is 35.8 Å². The summed E-state index contributed by atoms with van der Waals surface area (Å²) in [6, 6.07) is 6.28. The molecule has 0 unspecified atom stereocenters. The van der Waals surface area contributed by atoms with Gasteiger partial charge in [-0.2, -0.15) is 0 Å². The molecule has 0 aliphatic carbocycles.